The highest BCUT2D eigenvalue weighted by molar-refractivity contribution is 5.57. The third-order valence-corrected chi connectivity index (χ3v) is 3.75. The summed E-state index contributed by atoms with van der Waals surface area (Å²) < 4.78 is 21.9. The van der Waals surface area contributed by atoms with Gasteiger partial charge in [0.15, 0.2) is 5.76 Å². The van der Waals surface area contributed by atoms with Crippen LogP contribution in [0.5, 0.6) is 11.5 Å². The molecule has 0 saturated carbocycles. The van der Waals surface area contributed by atoms with E-state index in [0.29, 0.717) is 29.0 Å². The lowest BCUT2D eigenvalue weighted by atomic mass is 10.2. The molecule has 0 spiro atoms. The molecule has 0 saturated heterocycles. The van der Waals surface area contributed by atoms with Gasteiger partial charge < -0.3 is 18.4 Å². The lowest BCUT2D eigenvalue weighted by Crippen LogP contribution is -1.94. The summed E-state index contributed by atoms with van der Waals surface area (Å²) in [5.74, 6) is 3.45. The zero-order chi connectivity index (χ0) is 17.8. The molecule has 0 unspecified atom stereocenters. The van der Waals surface area contributed by atoms with Crippen LogP contribution in [0.25, 0.3) is 23.0 Å². The van der Waals surface area contributed by atoms with Crippen molar-refractivity contribution < 1.29 is 18.4 Å². The first-order valence-electron chi connectivity index (χ1n) is 8.07. The van der Waals surface area contributed by atoms with Gasteiger partial charge in [-0.15, -0.1) is 0 Å². The van der Waals surface area contributed by atoms with Crippen molar-refractivity contribution in [3.63, 3.8) is 0 Å². The van der Waals surface area contributed by atoms with Gasteiger partial charge >= 0.3 is 0 Å². The molecule has 26 heavy (non-hydrogen) atoms. The van der Waals surface area contributed by atoms with E-state index in [4.69, 9.17) is 18.4 Å². The molecule has 0 N–H and O–H groups in total. The van der Waals surface area contributed by atoms with Crippen molar-refractivity contribution in [2.75, 3.05) is 7.11 Å². The maximum Gasteiger partial charge on any atom is 0.293 e. The van der Waals surface area contributed by atoms with Crippen LogP contribution in [0, 0.1) is 0 Å². The number of furan rings is 1. The summed E-state index contributed by atoms with van der Waals surface area (Å²) in [4.78, 5) is 4.38. The molecule has 4 rings (SSSR count). The third-order valence-electron chi connectivity index (χ3n) is 3.75. The molecule has 130 valence electrons. The molecule has 6 heteroatoms. The zero-order valence-electron chi connectivity index (χ0n) is 14.1. The second-order valence-corrected chi connectivity index (χ2v) is 5.52. The molecule has 2 aromatic heterocycles. The second kappa shape index (κ2) is 7.14. The summed E-state index contributed by atoms with van der Waals surface area (Å²) >= 11 is 0. The largest absolute Gasteiger partial charge is 0.497 e. The summed E-state index contributed by atoms with van der Waals surface area (Å²) in [5, 5.41) is 3.99. The summed E-state index contributed by atoms with van der Waals surface area (Å²) in [6.07, 6.45) is 0. The molecule has 2 heterocycles. The maximum absolute atomic E-state index is 5.74. The van der Waals surface area contributed by atoms with Crippen molar-refractivity contribution in [3.8, 4) is 34.5 Å². The van der Waals surface area contributed by atoms with E-state index >= 15 is 0 Å². The number of nitrogens with zero attached hydrogens (tertiary/aromatic N) is 2. The van der Waals surface area contributed by atoms with Gasteiger partial charge in [-0.1, -0.05) is 41.6 Å². The molecule has 6 nitrogen and oxygen atoms in total. The lowest BCUT2D eigenvalue weighted by Gasteiger charge is -2.05. The molecule has 0 aliphatic heterocycles. The van der Waals surface area contributed by atoms with Crippen LogP contribution in [0.4, 0.5) is 0 Å². The first-order chi connectivity index (χ1) is 12.8. The van der Waals surface area contributed by atoms with E-state index in [2.05, 4.69) is 10.1 Å². The Balaban J connectivity index is 1.45. The van der Waals surface area contributed by atoms with E-state index < -0.39 is 0 Å². The number of ether oxygens (including phenoxy) is 2. The lowest BCUT2D eigenvalue weighted by molar-refractivity contribution is 0.269. The van der Waals surface area contributed by atoms with E-state index in [1.165, 1.54) is 0 Å². The van der Waals surface area contributed by atoms with Gasteiger partial charge in [0, 0.05) is 11.6 Å². The fraction of sp³-hybridized carbons (Fsp3) is 0.100. The average molecular weight is 348 g/mol. The predicted molar refractivity (Wildman–Crippen MR) is 94.8 cm³/mol. The Kier molecular flexibility index (Phi) is 4.38. The number of aromatic nitrogens is 2. The van der Waals surface area contributed by atoms with Crippen molar-refractivity contribution in [1.82, 2.24) is 10.1 Å². The van der Waals surface area contributed by atoms with Crippen molar-refractivity contribution in [2.24, 2.45) is 0 Å². The Labute approximate surface area is 150 Å². The summed E-state index contributed by atoms with van der Waals surface area (Å²) in [7, 11) is 1.62. The highest BCUT2D eigenvalue weighted by Gasteiger charge is 2.14. The minimum Gasteiger partial charge on any atom is -0.497 e. The summed E-state index contributed by atoms with van der Waals surface area (Å²) in [6, 6.07) is 20.6. The number of methoxy groups -OCH3 is 1. The zero-order valence-corrected chi connectivity index (χ0v) is 14.1. The normalized spacial score (nSPS) is 10.7. The predicted octanol–water partition coefficient (Wildman–Crippen LogP) is 4.58. The van der Waals surface area contributed by atoms with Gasteiger partial charge in [-0.25, -0.2) is 0 Å². The van der Waals surface area contributed by atoms with Crippen LogP contribution in [0.2, 0.25) is 0 Å². The Morgan fingerprint density at radius 2 is 1.77 bits per heavy atom. The van der Waals surface area contributed by atoms with Gasteiger partial charge in [0.1, 0.15) is 23.9 Å². The fourth-order valence-corrected chi connectivity index (χ4v) is 2.44. The number of benzene rings is 2. The quantitative estimate of drug-likeness (QED) is 0.508. The van der Waals surface area contributed by atoms with Gasteiger partial charge in [0.2, 0.25) is 5.82 Å². The van der Waals surface area contributed by atoms with Crippen LogP contribution in [0.3, 0.4) is 0 Å². The van der Waals surface area contributed by atoms with Gasteiger partial charge in [-0.3, -0.25) is 0 Å². The Hall–Kier alpha value is -3.54. The number of rotatable bonds is 6. The van der Waals surface area contributed by atoms with Gasteiger partial charge in [0.25, 0.3) is 5.89 Å². The van der Waals surface area contributed by atoms with Gasteiger partial charge in [-0.05, 0) is 24.3 Å². The highest BCUT2D eigenvalue weighted by Crippen LogP contribution is 2.25. The van der Waals surface area contributed by atoms with Crippen LogP contribution in [0.1, 0.15) is 5.76 Å². The fourth-order valence-electron chi connectivity index (χ4n) is 2.44. The van der Waals surface area contributed by atoms with E-state index in [-0.39, 0.29) is 6.61 Å². The molecule has 0 bridgehead atoms. The number of hydrogen-bond donors (Lipinski definition) is 0. The molecule has 0 aliphatic rings. The molecule has 0 aliphatic carbocycles. The topological polar surface area (TPSA) is 70.5 Å². The van der Waals surface area contributed by atoms with Crippen molar-refractivity contribution >= 4 is 0 Å². The summed E-state index contributed by atoms with van der Waals surface area (Å²) in [6.45, 7) is 0.285. The van der Waals surface area contributed by atoms with E-state index in [1.54, 1.807) is 13.2 Å². The SMILES string of the molecule is COc1cccc(OCc2ccc(-c3nc(-c4ccccc4)no3)o2)c1. The van der Waals surface area contributed by atoms with Gasteiger partial charge in [0.05, 0.1) is 7.11 Å². The highest BCUT2D eigenvalue weighted by atomic mass is 16.5. The van der Waals surface area contributed by atoms with Crippen molar-refractivity contribution in [2.45, 2.75) is 6.61 Å². The number of hydrogen-bond acceptors (Lipinski definition) is 6. The Bertz CT molecular complexity index is 992. The minimum atomic E-state index is 0.285. The van der Waals surface area contributed by atoms with Crippen molar-refractivity contribution in [1.29, 1.82) is 0 Å². The minimum absolute atomic E-state index is 0.285. The molecule has 4 aromatic rings. The monoisotopic (exact) mass is 348 g/mol. The van der Waals surface area contributed by atoms with Crippen LogP contribution in [-0.2, 0) is 6.61 Å². The van der Waals surface area contributed by atoms with Crippen LogP contribution in [0.15, 0.2) is 75.7 Å². The Morgan fingerprint density at radius 3 is 2.62 bits per heavy atom. The van der Waals surface area contributed by atoms with E-state index in [1.807, 2.05) is 60.7 Å². The molecule has 2 aromatic carbocycles. The third kappa shape index (κ3) is 3.44. The van der Waals surface area contributed by atoms with Crippen LogP contribution < -0.4 is 9.47 Å². The standard InChI is InChI=1S/C20H16N2O4/c1-23-15-8-5-9-16(12-15)24-13-17-10-11-18(25-17)20-21-19(22-26-20)14-6-3-2-4-7-14/h2-12H,13H2,1H3. The van der Waals surface area contributed by atoms with Crippen molar-refractivity contribution in [3.05, 3.63) is 72.5 Å². The average Bonchev–Trinajstić information content (AvgIpc) is 3.37. The van der Waals surface area contributed by atoms with Gasteiger partial charge in [-0.2, -0.15) is 4.98 Å². The maximum atomic E-state index is 5.74. The first-order valence-corrected chi connectivity index (χ1v) is 8.07. The first kappa shape index (κ1) is 16.0. The molecule has 0 atom stereocenters. The molecule has 0 radical (unpaired) electrons. The van der Waals surface area contributed by atoms with Crippen LogP contribution >= 0.6 is 0 Å². The molecular weight excluding hydrogens is 332 g/mol. The van der Waals surface area contributed by atoms with Crippen LogP contribution in [-0.4, -0.2) is 17.3 Å². The van der Waals surface area contributed by atoms with E-state index in [0.717, 1.165) is 11.3 Å². The molecule has 0 amide bonds. The smallest absolute Gasteiger partial charge is 0.293 e. The molecule has 0 fully saturated rings. The summed E-state index contributed by atoms with van der Waals surface area (Å²) in [5.41, 5.74) is 0.885. The Morgan fingerprint density at radius 1 is 0.923 bits per heavy atom. The molecular formula is C20H16N2O4. The van der Waals surface area contributed by atoms with E-state index in [9.17, 15) is 0 Å². The second-order valence-electron chi connectivity index (χ2n) is 5.52.